The SMILES string of the molecule is Cc1ccc2c(c1)Cc1c(-n3c4ccccc4c4ccccc43)cc3[c]4c1N2c1cc(-n2c5ccccc5c5ccccc52)c2c5[c]1[Ge]4([c]1ccccc1)[c]1c(cc(-n4c6ccccc6c6ccccc64)c4c1N3c1ccc(C)cc1O4)N5c1ccc(C)cc1O2. The average Bonchev–Trinajstić information content (AvgIpc) is 0.990. The van der Waals surface area contributed by atoms with E-state index < -0.39 is 13.3 Å². The summed E-state index contributed by atoms with van der Waals surface area (Å²) in [6.45, 7) is 6.62. The molecule has 13 aromatic carbocycles. The standard InChI is InChI=1S/C82H52GeN6O2/c1-46-33-36-58-49(39-46)42-57-67(84-59-27-13-7-21-51(59)52-22-8-14-28-60(52)84)43-68-75-78(57)87(58)69-44-71(85-61-29-15-9-23-53(61)54-24-10-16-30-62(54)85)81-79-76(69)83(75,50-19-5-4-6-20-50)77-70(89(79)66-38-35-48(3)41-74(66)91-81)45-72(82-80(77)88(68)65-37-34-47(2)40-73(65)90-82)86-63-31-17-11-25-55(63)56-26-12-18-32-64(56)86/h4-41,43-45H,42H2,1-3H3. The van der Waals surface area contributed by atoms with Gasteiger partial charge in [0.15, 0.2) is 0 Å². The fourth-order valence-corrected chi connectivity index (χ4v) is 29.7. The number of rotatable bonds is 4. The second-order valence-electron chi connectivity index (χ2n) is 25.7. The summed E-state index contributed by atoms with van der Waals surface area (Å²) in [5.74, 6) is 3.34. The van der Waals surface area contributed by atoms with E-state index in [9.17, 15) is 0 Å². The number of nitrogens with zero attached hydrogens (tertiary/aromatic N) is 6. The van der Waals surface area contributed by atoms with Crippen LogP contribution in [0.4, 0.5) is 51.2 Å². The predicted octanol–water partition coefficient (Wildman–Crippen LogP) is 18.7. The van der Waals surface area contributed by atoms with Crippen LogP contribution in [0.2, 0.25) is 0 Å². The second-order valence-corrected chi connectivity index (χ2v) is 33.2. The summed E-state index contributed by atoms with van der Waals surface area (Å²) >= 11 is -4.71. The topological polar surface area (TPSA) is 43.0 Å². The van der Waals surface area contributed by atoms with E-state index in [0.29, 0.717) is 0 Å². The number of aromatic nitrogens is 3. The van der Waals surface area contributed by atoms with Crippen molar-refractivity contribution in [2.75, 3.05) is 14.7 Å². The van der Waals surface area contributed by atoms with Gasteiger partial charge in [-0.2, -0.15) is 0 Å². The first-order valence-electron chi connectivity index (χ1n) is 31.6. The van der Waals surface area contributed by atoms with Crippen molar-refractivity contribution in [1.82, 2.24) is 13.7 Å². The summed E-state index contributed by atoms with van der Waals surface area (Å²) in [7, 11) is 0. The molecular weight excluding hydrogens is 1170 g/mol. The molecule has 22 rings (SSSR count). The van der Waals surface area contributed by atoms with E-state index in [1.807, 2.05) is 0 Å². The zero-order chi connectivity index (χ0) is 59.4. The third-order valence-electron chi connectivity index (χ3n) is 21.0. The zero-order valence-corrected chi connectivity index (χ0v) is 52.0. The van der Waals surface area contributed by atoms with Crippen LogP contribution in [-0.2, 0) is 6.42 Å². The minimum atomic E-state index is -4.71. The number of benzene rings is 13. The van der Waals surface area contributed by atoms with Gasteiger partial charge in [-0.05, 0) is 0 Å². The molecule has 1 atom stereocenters. The Balaban J connectivity index is 1.02. The predicted molar refractivity (Wildman–Crippen MR) is 375 cm³/mol. The van der Waals surface area contributed by atoms with Crippen molar-refractivity contribution >= 4 is 147 Å². The van der Waals surface area contributed by atoms with E-state index in [4.69, 9.17) is 9.47 Å². The Labute approximate surface area is 525 Å². The van der Waals surface area contributed by atoms with Gasteiger partial charge in [-0.25, -0.2) is 0 Å². The Bertz CT molecular complexity index is 5370. The number of hydrogen-bond donors (Lipinski definition) is 0. The molecule has 16 aromatic rings. The molecule has 0 amide bonds. The van der Waals surface area contributed by atoms with Crippen molar-refractivity contribution in [2.45, 2.75) is 27.2 Å². The molecule has 0 fully saturated rings. The van der Waals surface area contributed by atoms with Gasteiger partial charge in [-0.3, -0.25) is 0 Å². The summed E-state index contributed by atoms with van der Waals surface area (Å²) in [6, 6.07) is 94.1. The summed E-state index contributed by atoms with van der Waals surface area (Å²) in [5, 5.41) is 7.23. The van der Waals surface area contributed by atoms with Crippen molar-refractivity contribution in [1.29, 1.82) is 0 Å². The van der Waals surface area contributed by atoms with Crippen LogP contribution in [0.15, 0.2) is 249 Å². The van der Waals surface area contributed by atoms with E-state index in [2.05, 4.69) is 298 Å². The average molecular weight is 1230 g/mol. The molecular formula is C82H52GeN6O2. The molecule has 6 aliphatic rings. The molecule has 426 valence electrons. The third kappa shape index (κ3) is 5.85. The van der Waals surface area contributed by atoms with Crippen molar-refractivity contribution in [3.63, 3.8) is 0 Å². The maximum atomic E-state index is 7.96. The molecule has 3 aromatic heterocycles. The van der Waals surface area contributed by atoms with Gasteiger partial charge in [0.1, 0.15) is 0 Å². The van der Waals surface area contributed by atoms with Gasteiger partial charge in [0.05, 0.1) is 0 Å². The molecule has 9 heteroatoms. The Kier molecular flexibility index (Phi) is 9.08. The van der Waals surface area contributed by atoms with Crippen molar-refractivity contribution in [3.05, 3.63) is 277 Å². The molecule has 1 unspecified atom stereocenters. The number of hydrogen-bond acceptors (Lipinski definition) is 5. The van der Waals surface area contributed by atoms with Gasteiger partial charge < -0.3 is 0 Å². The molecule has 9 heterocycles. The molecule has 0 bridgehead atoms. The number of anilines is 9. The molecule has 0 N–H and O–H groups in total. The molecule has 91 heavy (non-hydrogen) atoms. The van der Waals surface area contributed by atoms with E-state index in [-0.39, 0.29) is 0 Å². The van der Waals surface area contributed by atoms with Crippen LogP contribution in [-0.4, -0.2) is 27.0 Å². The van der Waals surface area contributed by atoms with Crippen LogP contribution < -0.4 is 41.8 Å². The monoisotopic (exact) mass is 1230 g/mol. The quantitative estimate of drug-likeness (QED) is 0.164. The van der Waals surface area contributed by atoms with Crippen LogP contribution >= 0.6 is 0 Å². The van der Waals surface area contributed by atoms with E-state index in [1.165, 1.54) is 106 Å². The third-order valence-corrected chi connectivity index (χ3v) is 31.3. The van der Waals surface area contributed by atoms with Crippen molar-refractivity contribution in [2.24, 2.45) is 0 Å². The van der Waals surface area contributed by atoms with Crippen molar-refractivity contribution in [3.8, 4) is 40.1 Å². The summed E-state index contributed by atoms with van der Waals surface area (Å²) in [6.07, 6.45) is 0.734. The Hall–Kier alpha value is -11.2. The number of fused-ring (bicyclic) bond motifs is 18. The van der Waals surface area contributed by atoms with Gasteiger partial charge in [0.2, 0.25) is 0 Å². The fraction of sp³-hybridized carbons (Fsp3) is 0.0488. The van der Waals surface area contributed by atoms with Gasteiger partial charge >= 0.3 is 529 Å². The Morgan fingerprint density at radius 1 is 0.297 bits per heavy atom. The van der Waals surface area contributed by atoms with Crippen LogP contribution in [0.3, 0.4) is 0 Å². The van der Waals surface area contributed by atoms with Crippen LogP contribution in [0.25, 0.3) is 82.5 Å². The first kappa shape index (κ1) is 48.8. The fourth-order valence-electron chi connectivity index (χ4n) is 17.6. The number of ether oxygens (including phenoxy) is 2. The second kappa shape index (κ2) is 16.9. The van der Waals surface area contributed by atoms with Crippen LogP contribution in [0.1, 0.15) is 27.8 Å². The van der Waals surface area contributed by atoms with Gasteiger partial charge in [0.25, 0.3) is 0 Å². The minimum absolute atomic E-state index is 0.734. The molecule has 0 spiro atoms. The summed E-state index contributed by atoms with van der Waals surface area (Å²) in [5.41, 5.74) is 26.3. The molecule has 0 saturated heterocycles. The van der Waals surface area contributed by atoms with E-state index >= 15 is 0 Å². The van der Waals surface area contributed by atoms with E-state index in [0.717, 1.165) is 102 Å². The number of para-hydroxylation sites is 6. The molecule has 8 nitrogen and oxygen atoms in total. The van der Waals surface area contributed by atoms with Gasteiger partial charge in [-0.1, -0.05) is 0 Å². The van der Waals surface area contributed by atoms with E-state index in [1.54, 1.807) is 0 Å². The summed E-state index contributed by atoms with van der Waals surface area (Å²) < 4.78 is 29.0. The number of aryl methyl sites for hydroxylation is 3. The zero-order valence-electron chi connectivity index (χ0n) is 49.9. The maximum absolute atomic E-state index is 7.96. The molecule has 0 aliphatic carbocycles. The van der Waals surface area contributed by atoms with Crippen LogP contribution in [0.5, 0.6) is 23.0 Å². The van der Waals surface area contributed by atoms with Crippen molar-refractivity contribution < 1.29 is 9.47 Å². The Morgan fingerprint density at radius 2 is 0.637 bits per heavy atom. The normalized spacial score (nSPS) is 15.5. The van der Waals surface area contributed by atoms with Gasteiger partial charge in [0, 0.05) is 0 Å². The molecule has 0 radical (unpaired) electrons. The molecule has 6 aliphatic heterocycles. The molecule has 0 saturated carbocycles. The Morgan fingerprint density at radius 3 is 1.07 bits per heavy atom. The van der Waals surface area contributed by atoms with Gasteiger partial charge in [-0.15, -0.1) is 0 Å². The summed E-state index contributed by atoms with van der Waals surface area (Å²) in [4.78, 5) is 8.06. The first-order chi connectivity index (χ1) is 44.9. The van der Waals surface area contributed by atoms with Crippen LogP contribution in [0, 0.1) is 20.8 Å². The first-order valence-corrected chi connectivity index (χ1v) is 35.8.